The third-order valence-electron chi connectivity index (χ3n) is 7.63. The number of carbonyl (C=O) groups is 1. The highest BCUT2D eigenvalue weighted by molar-refractivity contribution is 6.03. The van der Waals surface area contributed by atoms with Gasteiger partial charge >= 0.3 is 5.97 Å². The Hall–Kier alpha value is -1.84. The van der Waals surface area contributed by atoms with Crippen LogP contribution in [0.25, 0.3) is 0 Å². The largest absolute Gasteiger partial charge is 0.496 e. The van der Waals surface area contributed by atoms with E-state index in [0.717, 1.165) is 73.3 Å². The number of oxime groups is 1. The van der Waals surface area contributed by atoms with E-state index in [1.165, 1.54) is 30.4 Å². The third kappa shape index (κ3) is 2.79. The molecule has 0 aliphatic heterocycles. The molecule has 4 heteroatoms. The summed E-state index contributed by atoms with van der Waals surface area (Å²) in [7, 11) is 1.71. The van der Waals surface area contributed by atoms with E-state index in [2.05, 4.69) is 18.1 Å². The predicted octanol–water partition coefficient (Wildman–Crippen LogP) is 4.80. The van der Waals surface area contributed by atoms with Crippen molar-refractivity contribution in [1.82, 2.24) is 0 Å². The van der Waals surface area contributed by atoms with Crippen LogP contribution in [0.1, 0.15) is 68.1 Å². The Balaban J connectivity index is 1.38. The number of hydrogen-bond donors (Lipinski definition) is 0. The Kier molecular flexibility index (Phi) is 4.06. The standard InChI is InChI=1S/C23H29NO3/c1-14-18-4-3-5-20(19(18)6-7-21(14)26-2)24-27-22(25)23-11-15-8-16(12-23)10-17(9-15)13-23/h6-7,15-17H,3-5,8-13H2,1-2H3/b24-20+. The van der Waals surface area contributed by atoms with E-state index in [1.54, 1.807) is 7.11 Å². The Morgan fingerprint density at radius 3 is 2.37 bits per heavy atom. The average Bonchev–Trinajstić information content (AvgIpc) is 2.65. The van der Waals surface area contributed by atoms with Crippen LogP contribution in [0.5, 0.6) is 5.75 Å². The number of nitrogens with zero attached hydrogens (tertiary/aromatic N) is 1. The lowest BCUT2D eigenvalue weighted by Crippen LogP contribution is -2.50. The van der Waals surface area contributed by atoms with Crippen molar-refractivity contribution in [3.63, 3.8) is 0 Å². The highest BCUT2D eigenvalue weighted by atomic mass is 16.7. The molecular weight excluding hydrogens is 338 g/mol. The summed E-state index contributed by atoms with van der Waals surface area (Å²) < 4.78 is 5.46. The molecule has 4 saturated carbocycles. The quantitative estimate of drug-likeness (QED) is 0.569. The van der Waals surface area contributed by atoms with Gasteiger partial charge in [-0.3, -0.25) is 0 Å². The zero-order valence-electron chi connectivity index (χ0n) is 16.4. The van der Waals surface area contributed by atoms with Crippen LogP contribution in [0.3, 0.4) is 0 Å². The second-order valence-corrected chi connectivity index (χ2v) is 9.39. The Morgan fingerprint density at radius 2 is 1.74 bits per heavy atom. The first-order valence-electron chi connectivity index (χ1n) is 10.5. The highest BCUT2D eigenvalue weighted by Crippen LogP contribution is 2.60. The zero-order valence-corrected chi connectivity index (χ0v) is 16.4. The van der Waals surface area contributed by atoms with Gasteiger partial charge in [0.2, 0.25) is 0 Å². The van der Waals surface area contributed by atoms with Crippen LogP contribution < -0.4 is 4.74 Å². The molecule has 0 saturated heterocycles. The van der Waals surface area contributed by atoms with E-state index in [-0.39, 0.29) is 11.4 Å². The fraction of sp³-hybridized carbons (Fsp3) is 0.652. The van der Waals surface area contributed by atoms with Gasteiger partial charge in [0.15, 0.2) is 0 Å². The van der Waals surface area contributed by atoms with E-state index in [4.69, 9.17) is 9.57 Å². The van der Waals surface area contributed by atoms with Crippen LogP contribution in [0.4, 0.5) is 0 Å². The number of methoxy groups -OCH3 is 1. The van der Waals surface area contributed by atoms with Crippen LogP contribution in [0.15, 0.2) is 17.3 Å². The fourth-order valence-corrected chi connectivity index (χ4v) is 6.77. The van der Waals surface area contributed by atoms with Gasteiger partial charge in [-0.1, -0.05) is 5.16 Å². The van der Waals surface area contributed by atoms with Gasteiger partial charge in [0, 0.05) is 5.56 Å². The normalized spacial score (nSPS) is 35.2. The molecule has 4 bridgehead atoms. The zero-order chi connectivity index (χ0) is 18.6. The van der Waals surface area contributed by atoms with E-state index in [9.17, 15) is 4.79 Å². The van der Waals surface area contributed by atoms with Crippen molar-refractivity contribution in [2.45, 2.75) is 64.7 Å². The van der Waals surface area contributed by atoms with Gasteiger partial charge in [-0.15, -0.1) is 0 Å². The Labute approximate surface area is 161 Å². The van der Waals surface area contributed by atoms with Crippen molar-refractivity contribution in [2.75, 3.05) is 7.11 Å². The molecule has 6 rings (SSSR count). The summed E-state index contributed by atoms with van der Waals surface area (Å²) in [5.41, 5.74) is 4.25. The molecule has 27 heavy (non-hydrogen) atoms. The monoisotopic (exact) mass is 367 g/mol. The second-order valence-electron chi connectivity index (χ2n) is 9.39. The summed E-state index contributed by atoms with van der Waals surface area (Å²) >= 11 is 0. The molecule has 0 N–H and O–H groups in total. The molecule has 0 spiro atoms. The van der Waals surface area contributed by atoms with Crippen molar-refractivity contribution in [3.8, 4) is 5.75 Å². The predicted molar refractivity (Wildman–Crippen MR) is 104 cm³/mol. The SMILES string of the molecule is COc1ccc2c(c1C)CCC/C2=N\OC(=O)C12CC3CC(CC(C3)C1)C2. The van der Waals surface area contributed by atoms with Gasteiger partial charge in [0.1, 0.15) is 5.75 Å². The number of rotatable bonds is 3. The minimum Gasteiger partial charge on any atom is -0.496 e. The van der Waals surface area contributed by atoms with Crippen LogP contribution in [-0.2, 0) is 16.1 Å². The van der Waals surface area contributed by atoms with Crippen molar-refractivity contribution in [2.24, 2.45) is 28.3 Å². The molecule has 5 aliphatic rings. The van der Waals surface area contributed by atoms with Crippen LogP contribution in [0.2, 0.25) is 0 Å². The molecule has 4 nitrogen and oxygen atoms in total. The first-order valence-corrected chi connectivity index (χ1v) is 10.5. The maximum absolute atomic E-state index is 13.1. The van der Waals surface area contributed by atoms with Gasteiger partial charge < -0.3 is 9.57 Å². The summed E-state index contributed by atoms with van der Waals surface area (Å²) in [6, 6.07) is 4.06. The maximum Gasteiger partial charge on any atom is 0.341 e. The summed E-state index contributed by atoms with van der Waals surface area (Å²) in [6.45, 7) is 2.10. The Bertz CT molecular complexity index is 775. The van der Waals surface area contributed by atoms with Crippen LogP contribution in [0, 0.1) is 30.1 Å². The van der Waals surface area contributed by atoms with Crippen LogP contribution in [-0.4, -0.2) is 18.8 Å². The molecule has 0 heterocycles. The second kappa shape index (κ2) is 6.35. The first kappa shape index (κ1) is 17.3. The lowest BCUT2D eigenvalue weighted by atomic mass is 9.49. The maximum atomic E-state index is 13.1. The third-order valence-corrected chi connectivity index (χ3v) is 7.63. The molecule has 144 valence electrons. The average molecular weight is 367 g/mol. The number of carbonyl (C=O) groups excluding carboxylic acids is 1. The van der Waals surface area contributed by atoms with Crippen molar-refractivity contribution >= 4 is 11.7 Å². The van der Waals surface area contributed by atoms with E-state index in [0.29, 0.717) is 0 Å². The van der Waals surface area contributed by atoms with E-state index in [1.807, 2.05) is 6.07 Å². The number of benzene rings is 1. The molecule has 5 aliphatic carbocycles. The molecule has 4 fully saturated rings. The highest BCUT2D eigenvalue weighted by Gasteiger charge is 2.55. The fourth-order valence-electron chi connectivity index (χ4n) is 6.77. The lowest BCUT2D eigenvalue weighted by molar-refractivity contribution is -0.171. The van der Waals surface area contributed by atoms with Crippen molar-refractivity contribution in [1.29, 1.82) is 0 Å². The molecule has 0 atom stereocenters. The summed E-state index contributed by atoms with van der Waals surface area (Å²) in [4.78, 5) is 18.7. The van der Waals surface area contributed by atoms with E-state index < -0.39 is 0 Å². The summed E-state index contributed by atoms with van der Waals surface area (Å²) in [5.74, 6) is 3.07. The van der Waals surface area contributed by atoms with Crippen LogP contribution >= 0.6 is 0 Å². The molecule has 0 amide bonds. The van der Waals surface area contributed by atoms with Crippen molar-refractivity contribution < 1.29 is 14.4 Å². The minimum absolute atomic E-state index is 0.0635. The Morgan fingerprint density at radius 1 is 1.07 bits per heavy atom. The summed E-state index contributed by atoms with van der Waals surface area (Å²) in [5, 5.41) is 4.40. The smallest absolute Gasteiger partial charge is 0.341 e. The number of fused-ring (bicyclic) bond motifs is 1. The first-order chi connectivity index (χ1) is 13.1. The van der Waals surface area contributed by atoms with Gasteiger partial charge in [0.25, 0.3) is 0 Å². The molecule has 1 aromatic carbocycles. The van der Waals surface area contributed by atoms with Crippen molar-refractivity contribution in [3.05, 3.63) is 28.8 Å². The molecule has 0 aromatic heterocycles. The van der Waals surface area contributed by atoms with Gasteiger partial charge in [-0.25, -0.2) is 4.79 Å². The minimum atomic E-state index is -0.244. The van der Waals surface area contributed by atoms with Gasteiger partial charge in [0.05, 0.1) is 18.2 Å². The number of ether oxygens (including phenoxy) is 1. The topological polar surface area (TPSA) is 47.9 Å². The summed E-state index contributed by atoms with van der Waals surface area (Å²) in [6.07, 6.45) is 9.99. The lowest BCUT2D eigenvalue weighted by Gasteiger charge is -2.54. The molecular formula is C23H29NO3. The molecule has 1 aromatic rings. The molecule has 0 radical (unpaired) electrons. The molecule has 0 unspecified atom stereocenters. The van der Waals surface area contributed by atoms with Gasteiger partial charge in [-0.05, 0) is 106 Å². The van der Waals surface area contributed by atoms with E-state index >= 15 is 0 Å². The van der Waals surface area contributed by atoms with Gasteiger partial charge in [-0.2, -0.15) is 0 Å². The number of hydrogen-bond acceptors (Lipinski definition) is 4.